The van der Waals surface area contributed by atoms with Gasteiger partial charge in [-0.1, -0.05) is 6.07 Å². The third-order valence-electron chi connectivity index (χ3n) is 6.80. The van der Waals surface area contributed by atoms with E-state index in [0.717, 1.165) is 29.3 Å². The van der Waals surface area contributed by atoms with Crippen LogP contribution in [-0.2, 0) is 25.4 Å². The van der Waals surface area contributed by atoms with E-state index in [1.54, 1.807) is 6.07 Å². The molecule has 14 heteroatoms. The zero-order chi connectivity index (χ0) is 29.5. The average molecular weight is 574 g/mol. The summed E-state index contributed by atoms with van der Waals surface area (Å²) in [6.07, 6.45) is 0.836. The molecule has 0 spiro atoms. The highest BCUT2D eigenvalue weighted by atomic mass is 19.4. The van der Waals surface area contributed by atoms with E-state index >= 15 is 4.39 Å². The molecule has 0 radical (unpaired) electrons. The fraction of sp³-hybridized carbons (Fsp3) is 0.370. The second-order valence-corrected chi connectivity index (χ2v) is 10.0. The first-order chi connectivity index (χ1) is 19.4. The lowest BCUT2D eigenvalue weighted by Gasteiger charge is -2.24. The van der Waals surface area contributed by atoms with Crippen molar-refractivity contribution in [3.05, 3.63) is 65.3 Å². The standard InChI is InChI=1S/C27H27F4N7O3/c1-26(40,12-39)17-10-33-23(20-21(15-5-6-15)34-13-35-25(20)41-3)37-22(17)32-9-14-4-7-16(18(28)8-14)24-36-19(11-38(24)2)27(29,30)31/h4,7-8,10-11,13,15,39-40H,5-6,9,12H2,1-3H3,(H,32,33,37). The van der Waals surface area contributed by atoms with E-state index in [2.05, 4.69) is 30.2 Å². The molecule has 0 bridgehead atoms. The molecule has 0 saturated heterocycles. The second kappa shape index (κ2) is 10.7. The first kappa shape index (κ1) is 28.4. The van der Waals surface area contributed by atoms with Gasteiger partial charge in [-0.25, -0.2) is 29.3 Å². The summed E-state index contributed by atoms with van der Waals surface area (Å²) in [5.41, 5.74) is -1.04. The van der Waals surface area contributed by atoms with Gasteiger partial charge < -0.3 is 24.8 Å². The van der Waals surface area contributed by atoms with Gasteiger partial charge in [-0.2, -0.15) is 13.2 Å². The summed E-state index contributed by atoms with van der Waals surface area (Å²) in [7, 11) is 2.83. The largest absolute Gasteiger partial charge is 0.480 e. The van der Waals surface area contributed by atoms with Crippen LogP contribution in [0.25, 0.3) is 22.8 Å². The highest BCUT2D eigenvalue weighted by Crippen LogP contribution is 2.45. The molecule has 10 nitrogen and oxygen atoms in total. The van der Waals surface area contributed by atoms with E-state index in [0.29, 0.717) is 11.1 Å². The maximum Gasteiger partial charge on any atom is 0.434 e. The van der Waals surface area contributed by atoms with Crippen LogP contribution in [0.2, 0.25) is 0 Å². The van der Waals surface area contributed by atoms with Gasteiger partial charge >= 0.3 is 6.18 Å². The number of aryl methyl sites for hydroxylation is 1. The molecule has 1 atom stereocenters. The Morgan fingerprint density at radius 3 is 2.51 bits per heavy atom. The van der Waals surface area contributed by atoms with E-state index in [1.807, 2.05) is 0 Å². The highest BCUT2D eigenvalue weighted by Gasteiger charge is 2.35. The third-order valence-corrected chi connectivity index (χ3v) is 6.80. The lowest BCUT2D eigenvalue weighted by Crippen LogP contribution is -2.28. The van der Waals surface area contributed by atoms with E-state index in [9.17, 15) is 23.4 Å². The summed E-state index contributed by atoms with van der Waals surface area (Å²) >= 11 is 0. The molecular weight excluding hydrogens is 546 g/mol. The predicted molar refractivity (Wildman–Crippen MR) is 139 cm³/mol. The zero-order valence-corrected chi connectivity index (χ0v) is 22.4. The van der Waals surface area contributed by atoms with Crippen molar-refractivity contribution in [2.24, 2.45) is 7.05 Å². The summed E-state index contributed by atoms with van der Waals surface area (Å²) in [5.74, 6) is -0.0181. The van der Waals surface area contributed by atoms with Gasteiger partial charge in [-0.15, -0.1) is 0 Å². The number of aliphatic hydroxyl groups is 2. The molecule has 3 heterocycles. The summed E-state index contributed by atoms with van der Waals surface area (Å²) in [4.78, 5) is 21.2. The number of aliphatic hydroxyl groups excluding tert-OH is 1. The molecule has 1 saturated carbocycles. The van der Waals surface area contributed by atoms with Crippen LogP contribution in [-0.4, -0.2) is 53.4 Å². The maximum atomic E-state index is 15.1. The number of hydrogen-bond donors (Lipinski definition) is 3. The summed E-state index contributed by atoms with van der Waals surface area (Å²) in [6.45, 7) is 0.797. The number of rotatable bonds is 9. The number of ether oxygens (including phenoxy) is 1. The van der Waals surface area contributed by atoms with E-state index in [1.165, 1.54) is 45.7 Å². The topological polar surface area (TPSA) is 131 Å². The van der Waals surface area contributed by atoms with Gasteiger partial charge in [0.05, 0.1) is 25.0 Å². The Labute approximate surface area is 232 Å². The monoisotopic (exact) mass is 573 g/mol. The zero-order valence-electron chi connectivity index (χ0n) is 22.4. The molecule has 4 aromatic rings. The van der Waals surface area contributed by atoms with Crippen LogP contribution in [0.5, 0.6) is 5.88 Å². The van der Waals surface area contributed by atoms with Crippen LogP contribution in [0.15, 0.2) is 36.9 Å². The first-order valence-electron chi connectivity index (χ1n) is 12.7. The van der Waals surface area contributed by atoms with Crippen LogP contribution in [0.3, 0.4) is 0 Å². The molecule has 1 fully saturated rings. The Hall–Kier alpha value is -4.17. The number of hydrogen-bond acceptors (Lipinski definition) is 9. The van der Waals surface area contributed by atoms with Crippen molar-refractivity contribution < 1.29 is 32.5 Å². The van der Waals surface area contributed by atoms with Crippen LogP contribution in [0, 0.1) is 5.82 Å². The maximum absolute atomic E-state index is 15.1. The highest BCUT2D eigenvalue weighted by molar-refractivity contribution is 5.68. The molecule has 0 aliphatic heterocycles. The Morgan fingerprint density at radius 2 is 1.90 bits per heavy atom. The average Bonchev–Trinajstić information content (AvgIpc) is 3.71. The van der Waals surface area contributed by atoms with Gasteiger partial charge in [0.1, 0.15) is 35.0 Å². The number of alkyl halides is 3. The van der Waals surface area contributed by atoms with Crippen molar-refractivity contribution in [2.45, 2.75) is 44.0 Å². The van der Waals surface area contributed by atoms with E-state index in [4.69, 9.17) is 4.74 Å². The molecule has 1 unspecified atom stereocenters. The van der Waals surface area contributed by atoms with Crippen LogP contribution < -0.4 is 10.1 Å². The first-order valence-corrected chi connectivity index (χ1v) is 12.7. The molecule has 3 N–H and O–H groups in total. The fourth-order valence-corrected chi connectivity index (χ4v) is 4.42. The Kier molecular flexibility index (Phi) is 7.38. The van der Waals surface area contributed by atoms with Gasteiger partial charge in [0.2, 0.25) is 5.88 Å². The lowest BCUT2D eigenvalue weighted by atomic mass is 9.98. The number of methoxy groups -OCH3 is 1. The van der Waals surface area contributed by atoms with Crippen LogP contribution in [0.1, 0.15) is 48.2 Å². The number of nitrogens with zero attached hydrogens (tertiary/aromatic N) is 6. The number of benzene rings is 1. The molecule has 216 valence electrons. The smallest absolute Gasteiger partial charge is 0.434 e. The van der Waals surface area contributed by atoms with Gasteiger partial charge in [-0.05, 0) is 37.5 Å². The van der Waals surface area contributed by atoms with Crippen molar-refractivity contribution in [3.63, 3.8) is 0 Å². The van der Waals surface area contributed by atoms with Gasteiger partial charge in [0.25, 0.3) is 0 Å². The third kappa shape index (κ3) is 5.70. The number of imidazole rings is 1. The van der Waals surface area contributed by atoms with Crippen molar-refractivity contribution in [3.8, 4) is 28.7 Å². The van der Waals surface area contributed by atoms with Crippen molar-refractivity contribution >= 4 is 5.82 Å². The van der Waals surface area contributed by atoms with E-state index in [-0.39, 0.29) is 46.9 Å². The summed E-state index contributed by atoms with van der Waals surface area (Å²) in [5, 5.41) is 23.7. The summed E-state index contributed by atoms with van der Waals surface area (Å²) in [6, 6.07) is 4.06. The molecule has 41 heavy (non-hydrogen) atoms. The minimum atomic E-state index is -4.66. The molecule has 5 rings (SSSR count). The number of aromatic nitrogens is 6. The minimum Gasteiger partial charge on any atom is -0.480 e. The Bertz CT molecular complexity index is 1590. The van der Waals surface area contributed by atoms with E-state index < -0.39 is 29.9 Å². The normalized spacial score (nSPS) is 15.0. The quantitative estimate of drug-likeness (QED) is 0.252. The molecule has 0 amide bonds. The predicted octanol–water partition coefficient (Wildman–Crippen LogP) is 4.19. The SMILES string of the molecule is COc1ncnc(C2CC2)c1-c1ncc(C(C)(O)CO)c(NCc2ccc(-c3nc(C(F)(F)F)cn3C)c(F)c2)n1. The number of halogens is 4. The van der Waals surface area contributed by atoms with Crippen LogP contribution >= 0.6 is 0 Å². The van der Waals surface area contributed by atoms with Crippen molar-refractivity contribution in [1.82, 2.24) is 29.5 Å². The molecule has 1 aliphatic rings. The second-order valence-electron chi connectivity index (χ2n) is 10.0. The molecule has 3 aromatic heterocycles. The van der Waals surface area contributed by atoms with Gasteiger partial charge in [0.15, 0.2) is 11.5 Å². The molecular formula is C27H27F4N7O3. The Morgan fingerprint density at radius 1 is 1.15 bits per heavy atom. The van der Waals surface area contributed by atoms with Gasteiger partial charge in [-0.3, -0.25) is 0 Å². The number of anilines is 1. The lowest BCUT2D eigenvalue weighted by molar-refractivity contribution is -0.140. The Balaban J connectivity index is 1.47. The number of nitrogens with one attached hydrogen (secondary N) is 1. The van der Waals surface area contributed by atoms with Gasteiger partial charge in [0, 0.05) is 37.5 Å². The minimum absolute atomic E-state index is 0.0223. The van der Waals surface area contributed by atoms with Crippen molar-refractivity contribution in [1.29, 1.82) is 0 Å². The molecule has 1 aromatic carbocycles. The van der Waals surface area contributed by atoms with Crippen molar-refractivity contribution in [2.75, 3.05) is 19.0 Å². The fourth-order valence-electron chi connectivity index (χ4n) is 4.42. The van der Waals surface area contributed by atoms with Crippen LogP contribution in [0.4, 0.5) is 23.4 Å². The molecule has 1 aliphatic carbocycles. The summed E-state index contributed by atoms with van der Waals surface area (Å²) < 4.78 is 60.9.